The van der Waals surface area contributed by atoms with E-state index < -0.39 is 10.0 Å². The molecular formula is C10H13N5O3S. The first-order valence-electron chi connectivity index (χ1n) is 5.41. The maximum atomic E-state index is 11.9. The number of sulfonamides is 1. The Bertz CT molecular complexity index is 650. The maximum Gasteiger partial charge on any atom is 0.258 e. The highest BCUT2D eigenvalue weighted by Gasteiger charge is 2.16. The highest BCUT2D eigenvalue weighted by molar-refractivity contribution is 7.89. The Morgan fingerprint density at radius 3 is 2.74 bits per heavy atom. The van der Waals surface area contributed by atoms with Crippen LogP contribution in [0.4, 0.5) is 0 Å². The fourth-order valence-electron chi connectivity index (χ4n) is 1.36. The fourth-order valence-corrected chi connectivity index (χ4v) is 2.27. The minimum absolute atomic E-state index is 0.0300. The molecule has 2 aromatic rings. The molecule has 2 heterocycles. The van der Waals surface area contributed by atoms with E-state index in [9.17, 15) is 8.42 Å². The van der Waals surface area contributed by atoms with Gasteiger partial charge in [-0.05, 0) is 11.6 Å². The summed E-state index contributed by atoms with van der Waals surface area (Å²) in [5.74, 6) is 0.496. The number of nitrogens with one attached hydrogen (secondary N) is 1. The lowest BCUT2D eigenvalue weighted by molar-refractivity contribution is 0.281. The van der Waals surface area contributed by atoms with Gasteiger partial charge in [-0.3, -0.25) is 0 Å². The van der Waals surface area contributed by atoms with Crippen molar-refractivity contribution in [1.82, 2.24) is 24.5 Å². The average Bonchev–Trinajstić information content (AvgIpc) is 2.82. The second-order valence-corrected chi connectivity index (χ2v) is 5.56. The van der Waals surface area contributed by atoms with E-state index in [2.05, 4.69) is 19.9 Å². The quantitative estimate of drug-likeness (QED) is 0.742. The van der Waals surface area contributed by atoms with Crippen molar-refractivity contribution in [2.24, 2.45) is 7.05 Å². The van der Waals surface area contributed by atoms with E-state index in [1.54, 1.807) is 11.6 Å². The second-order valence-electron chi connectivity index (χ2n) is 3.85. The summed E-state index contributed by atoms with van der Waals surface area (Å²) < 4.78 is 27.9. The number of aromatic nitrogens is 4. The summed E-state index contributed by atoms with van der Waals surface area (Å²) in [7, 11) is -1.98. The third-order valence-corrected chi connectivity index (χ3v) is 3.80. The largest absolute Gasteiger partial charge is 0.392 e. The van der Waals surface area contributed by atoms with Gasteiger partial charge in [0.1, 0.15) is 12.2 Å². The van der Waals surface area contributed by atoms with Gasteiger partial charge in [-0.1, -0.05) is 6.07 Å². The van der Waals surface area contributed by atoms with Gasteiger partial charge in [-0.15, -0.1) is 10.2 Å². The Labute approximate surface area is 110 Å². The van der Waals surface area contributed by atoms with E-state index in [1.807, 2.05) is 0 Å². The first-order valence-corrected chi connectivity index (χ1v) is 6.89. The molecule has 0 bridgehead atoms. The Hall–Kier alpha value is -1.84. The van der Waals surface area contributed by atoms with Crippen molar-refractivity contribution in [2.45, 2.75) is 18.2 Å². The molecule has 9 heteroatoms. The van der Waals surface area contributed by atoms with Gasteiger partial charge in [-0.2, -0.15) is 0 Å². The van der Waals surface area contributed by atoms with Crippen molar-refractivity contribution in [2.75, 3.05) is 0 Å². The molecule has 8 nitrogen and oxygen atoms in total. The SMILES string of the molecule is Cn1cnnc1CNS(=O)(=O)c1ccc(CO)cn1. The van der Waals surface area contributed by atoms with Gasteiger partial charge in [0, 0.05) is 13.2 Å². The van der Waals surface area contributed by atoms with Crippen molar-refractivity contribution in [3.8, 4) is 0 Å². The van der Waals surface area contributed by atoms with Gasteiger partial charge in [0.25, 0.3) is 10.0 Å². The summed E-state index contributed by atoms with van der Waals surface area (Å²) in [5.41, 5.74) is 0.548. The molecular weight excluding hydrogens is 270 g/mol. The molecule has 0 spiro atoms. The van der Waals surface area contributed by atoms with E-state index in [0.717, 1.165) is 0 Å². The molecule has 2 N–H and O–H groups in total. The van der Waals surface area contributed by atoms with Gasteiger partial charge >= 0.3 is 0 Å². The van der Waals surface area contributed by atoms with E-state index in [-0.39, 0.29) is 18.2 Å². The van der Waals surface area contributed by atoms with Crippen molar-refractivity contribution < 1.29 is 13.5 Å². The van der Waals surface area contributed by atoms with Gasteiger partial charge in [0.15, 0.2) is 5.03 Å². The van der Waals surface area contributed by atoms with Crippen LogP contribution in [0.3, 0.4) is 0 Å². The Balaban J connectivity index is 2.11. The van der Waals surface area contributed by atoms with Crippen LogP contribution in [0.5, 0.6) is 0 Å². The molecule has 0 atom stereocenters. The Morgan fingerprint density at radius 2 is 2.21 bits per heavy atom. The molecule has 0 saturated carbocycles. The smallest absolute Gasteiger partial charge is 0.258 e. The predicted molar refractivity (Wildman–Crippen MR) is 65.2 cm³/mol. The molecule has 102 valence electrons. The first kappa shape index (κ1) is 13.6. The van der Waals surface area contributed by atoms with Crippen LogP contribution >= 0.6 is 0 Å². The van der Waals surface area contributed by atoms with E-state index in [4.69, 9.17) is 5.11 Å². The predicted octanol–water partition coefficient (Wildman–Crippen LogP) is -0.819. The monoisotopic (exact) mass is 283 g/mol. The minimum atomic E-state index is -3.70. The molecule has 2 rings (SSSR count). The summed E-state index contributed by atoms with van der Waals surface area (Å²) in [4.78, 5) is 3.79. The standard InChI is InChI=1S/C10H13N5O3S/c1-15-7-12-14-9(15)5-13-19(17,18)10-3-2-8(6-16)4-11-10/h2-4,7,13,16H,5-6H2,1H3. The molecule has 19 heavy (non-hydrogen) atoms. The normalized spacial score (nSPS) is 11.7. The van der Waals surface area contributed by atoms with Gasteiger partial charge in [-0.25, -0.2) is 18.1 Å². The molecule has 0 aliphatic carbocycles. The van der Waals surface area contributed by atoms with Crippen LogP contribution in [-0.2, 0) is 30.2 Å². The number of aliphatic hydroxyl groups excluding tert-OH is 1. The Kier molecular flexibility index (Phi) is 3.88. The van der Waals surface area contributed by atoms with Crippen LogP contribution in [0.15, 0.2) is 29.7 Å². The number of aryl methyl sites for hydroxylation is 1. The fraction of sp³-hybridized carbons (Fsp3) is 0.300. The summed E-state index contributed by atoms with van der Waals surface area (Å²) in [6.45, 7) is -0.151. The summed E-state index contributed by atoms with van der Waals surface area (Å²) in [6, 6.07) is 2.84. The molecule has 2 aromatic heterocycles. The number of pyridine rings is 1. The second kappa shape index (κ2) is 5.43. The van der Waals surface area contributed by atoms with Crippen LogP contribution in [0.1, 0.15) is 11.4 Å². The molecule has 0 fully saturated rings. The summed E-state index contributed by atoms with van der Waals surface area (Å²) in [6.07, 6.45) is 2.80. The molecule has 0 aromatic carbocycles. The number of hydrogen-bond acceptors (Lipinski definition) is 6. The lowest BCUT2D eigenvalue weighted by Gasteiger charge is -2.06. The van der Waals surface area contributed by atoms with Gasteiger partial charge < -0.3 is 9.67 Å². The molecule has 0 radical (unpaired) electrons. The summed E-state index contributed by atoms with van der Waals surface area (Å²) >= 11 is 0. The van der Waals surface area contributed by atoms with E-state index >= 15 is 0 Å². The number of aliphatic hydroxyl groups is 1. The maximum absolute atomic E-state index is 11.9. The topological polar surface area (TPSA) is 110 Å². The van der Waals surface area contributed by atoms with E-state index in [0.29, 0.717) is 11.4 Å². The van der Waals surface area contributed by atoms with Crippen LogP contribution in [0.25, 0.3) is 0 Å². The number of nitrogens with zero attached hydrogens (tertiary/aromatic N) is 4. The molecule has 0 amide bonds. The van der Waals surface area contributed by atoms with Gasteiger partial charge in [0.2, 0.25) is 0 Å². The highest BCUT2D eigenvalue weighted by atomic mass is 32.2. The minimum Gasteiger partial charge on any atom is -0.392 e. The molecule has 0 aliphatic heterocycles. The zero-order valence-corrected chi connectivity index (χ0v) is 11.0. The van der Waals surface area contributed by atoms with E-state index in [1.165, 1.54) is 24.7 Å². The number of rotatable bonds is 5. The molecule has 0 saturated heterocycles. The zero-order valence-electron chi connectivity index (χ0n) is 10.2. The lowest BCUT2D eigenvalue weighted by Crippen LogP contribution is -2.25. The van der Waals surface area contributed by atoms with Gasteiger partial charge in [0.05, 0.1) is 13.2 Å². The van der Waals surface area contributed by atoms with Crippen LogP contribution < -0.4 is 4.72 Å². The Morgan fingerprint density at radius 1 is 1.42 bits per heavy atom. The lowest BCUT2D eigenvalue weighted by atomic mass is 10.3. The van der Waals surface area contributed by atoms with Crippen LogP contribution in [-0.4, -0.2) is 33.3 Å². The van der Waals surface area contributed by atoms with Crippen molar-refractivity contribution in [1.29, 1.82) is 0 Å². The van der Waals surface area contributed by atoms with Crippen molar-refractivity contribution in [3.05, 3.63) is 36.0 Å². The first-order chi connectivity index (χ1) is 9.03. The van der Waals surface area contributed by atoms with Crippen LogP contribution in [0, 0.1) is 0 Å². The third kappa shape index (κ3) is 3.13. The van der Waals surface area contributed by atoms with Crippen molar-refractivity contribution in [3.63, 3.8) is 0 Å². The molecule has 0 aliphatic rings. The number of hydrogen-bond donors (Lipinski definition) is 2. The average molecular weight is 283 g/mol. The van der Waals surface area contributed by atoms with Crippen LogP contribution in [0.2, 0.25) is 0 Å². The van der Waals surface area contributed by atoms with Crippen molar-refractivity contribution >= 4 is 10.0 Å². The third-order valence-electron chi connectivity index (χ3n) is 2.48. The summed E-state index contributed by atoms with van der Waals surface area (Å²) in [5, 5.41) is 16.2. The highest BCUT2D eigenvalue weighted by Crippen LogP contribution is 2.07. The zero-order chi connectivity index (χ0) is 13.9. The molecule has 0 unspecified atom stereocenters.